The topological polar surface area (TPSA) is 90.9 Å². The van der Waals surface area contributed by atoms with Crippen molar-refractivity contribution in [2.75, 3.05) is 18.6 Å². The van der Waals surface area contributed by atoms with Gasteiger partial charge in [0.15, 0.2) is 0 Å². The highest BCUT2D eigenvalue weighted by Crippen LogP contribution is 2.42. The first-order valence-corrected chi connectivity index (χ1v) is 12.3. The number of para-hydroxylation sites is 1. The van der Waals surface area contributed by atoms with Gasteiger partial charge in [-0.2, -0.15) is 13.2 Å². The first kappa shape index (κ1) is 22.7. The number of hydrogen-bond donors (Lipinski definition) is 3. The van der Waals surface area contributed by atoms with Crippen molar-refractivity contribution in [3.63, 3.8) is 0 Å². The molecule has 1 aliphatic carbocycles. The van der Waals surface area contributed by atoms with Crippen LogP contribution in [0.15, 0.2) is 30.6 Å². The Hall–Kier alpha value is -2.52. The van der Waals surface area contributed by atoms with Crippen LogP contribution in [0.1, 0.15) is 18.4 Å². The van der Waals surface area contributed by atoms with E-state index in [0.717, 1.165) is 0 Å². The van der Waals surface area contributed by atoms with Crippen LogP contribution >= 0.6 is 7.14 Å². The number of alkyl halides is 5. The lowest BCUT2D eigenvalue weighted by atomic mass is 10.1. The number of anilines is 1. The van der Waals surface area contributed by atoms with Crippen LogP contribution in [-0.2, 0) is 10.7 Å². The molecule has 4 rings (SSSR count). The molecule has 32 heavy (non-hydrogen) atoms. The molecule has 0 amide bonds. The number of rotatable bonds is 4. The second-order valence-corrected chi connectivity index (χ2v) is 11.5. The summed E-state index contributed by atoms with van der Waals surface area (Å²) >= 11 is 0. The van der Waals surface area contributed by atoms with Gasteiger partial charge in [-0.15, -0.1) is 0 Å². The van der Waals surface area contributed by atoms with Gasteiger partial charge in [0.2, 0.25) is 5.95 Å². The Morgan fingerprint density at radius 2 is 1.97 bits per heavy atom. The fourth-order valence-corrected chi connectivity index (χ4v) is 5.12. The SMILES string of the molecule is CP(C)(=O)c1cccc2c(-c3nc(NC4CC(F)(F)C[C@@H]4O)ncc3C(F)(F)F)c[nH]c12. The molecule has 2 heterocycles. The van der Waals surface area contributed by atoms with Gasteiger partial charge in [-0.05, 0) is 19.4 Å². The van der Waals surface area contributed by atoms with Crippen molar-refractivity contribution in [2.24, 2.45) is 0 Å². The summed E-state index contributed by atoms with van der Waals surface area (Å²) in [6, 6.07) is 3.72. The van der Waals surface area contributed by atoms with Crippen molar-refractivity contribution in [1.82, 2.24) is 15.0 Å². The largest absolute Gasteiger partial charge is 0.419 e. The van der Waals surface area contributed by atoms with Crippen molar-refractivity contribution < 1.29 is 31.6 Å². The van der Waals surface area contributed by atoms with E-state index in [2.05, 4.69) is 20.3 Å². The van der Waals surface area contributed by atoms with Gasteiger partial charge in [-0.1, -0.05) is 12.1 Å². The van der Waals surface area contributed by atoms with Gasteiger partial charge < -0.3 is 20.0 Å². The van der Waals surface area contributed by atoms with Gasteiger partial charge in [-0.3, -0.25) is 0 Å². The lowest BCUT2D eigenvalue weighted by Crippen LogP contribution is -2.29. The number of aromatic amines is 1. The van der Waals surface area contributed by atoms with E-state index >= 15 is 0 Å². The summed E-state index contributed by atoms with van der Waals surface area (Å²) in [5.41, 5.74) is -1.03. The van der Waals surface area contributed by atoms with Crippen molar-refractivity contribution in [1.29, 1.82) is 0 Å². The van der Waals surface area contributed by atoms with Crippen molar-refractivity contribution >= 4 is 29.3 Å². The molecule has 1 unspecified atom stereocenters. The number of hydrogen-bond acceptors (Lipinski definition) is 5. The Morgan fingerprint density at radius 3 is 2.56 bits per heavy atom. The van der Waals surface area contributed by atoms with E-state index in [1.807, 2.05) is 0 Å². The third-order valence-corrected chi connectivity index (χ3v) is 6.96. The number of nitrogens with zero attached hydrogens (tertiary/aromatic N) is 2. The van der Waals surface area contributed by atoms with Crippen LogP contribution < -0.4 is 10.6 Å². The molecule has 1 fully saturated rings. The fraction of sp³-hybridized carbons (Fsp3) is 0.400. The third kappa shape index (κ3) is 4.23. The van der Waals surface area contributed by atoms with Gasteiger partial charge in [0.1, 0.15) is 12.7 Å². The second kappa shape index (κ2) is 7.52. The molecule has 0 bridgehead atoms. The molecule has 12 heteroatoms. The minimum Gasteiger partial charge on any atom is -0.391 e. The fourth-order valence-electron chi connectivity index (χ4n) is 3.95. The van der Waals surface area contributed by atoms with E-state index in [0.29, 0.717) is 22.4 Å². The normalized spacial score (nSPS) is 21.2. The Kier molecular flexibility index (Phi) is 5.33. The maximum Gasteiger partial charge on any atom is 0.419 e. The molecule has 1 aliphatic rings. The quantitative estimate of drug-likeness (QED) is 0.384. The monoisotopic (exact) mass is 474 g/mol. The van der Waals surface area contributed by atoms with Crippen LogP contribution in [0.5, 0.6) is 0 Å². The first-order chi connectivity index (χ1) is 14.8. The summed E-state index contributed by atoms with van der Waals surface area (Å²) in [4.78, 5) is 10.5. The summed E-state index contributed by atoms with van der Waals surface area (Å²) in [5.74, 6) is -3.40. The maximum absolute atomic E-state index is 13.7. The van der Waals surface area contributed by atoms with E-state index in [1.54, 1.807) is 31.5 Å². The smallest absolute Gasteiger partial charge is 0.391 e. The molecular weight excluding hydrogens is 454 g/mol. The molecule has 0 spiro atoms. The number of nitrogens with one attached hydrogen (secondary N) is 2. The number of halogens is 5. The van der Waals surface area contributed by atoms with Crippen molar-refractivity contribution in [2.45, 2.75) is 37.1 Å². The molecule has 1 saturated carbocycles. The number of aliphatic hydroxyl groups excluding tert-OH is 1. The third-order valence-electron chi connectivity index (χ3n) is 5.43. The van der Waals surface area contributed by atoms with E-state index in [4.69, 9.17) is 0 Å². The van der Waals surface area contributed by atoms with Gasteiger partial charge >= 0.3 is 6.18 Å². The Bertz CT molecular complexity index is 1220. The van der Waals surface area contributed by atoms with Crippen LogP contribution in [0, 0.1) is 0 Å². The van der Waals surface area contributed by atoms with E-state index in [1.165, 1.54) is 6.20 Å². The number of H-pyrrole nitrogens is 1. The zero-order chi connectivity index (χ0) is 23.5. The highest BCUT2D eigenvalue weighted by Gasteiger charge is 2.46. The molecule has 3 N–H and O–H groups in total. The summed E-state index contributed by atoms with van der Waals surface area (Å²) in [5, 5.41) is 13.3. The van der Waals surface area contributed by atoms with Crippen LogP contribution in [0.25, 0.3) is 22.2 Å². The molecule has 0 radical (unpaired) electrons. The van der Waals surface area contributed by atoms with E-state index in [9.17, 15) is 31.6 Å². The van der Waals surface area contributed by atoms with E-state index < -0.39 is 55.5 Å². The summed E-state index contributed by atoms with van der Waals surface area (Å²) < 4.78 is 80.9. The number of benzene rings is 1. The number of aliphatic hydroxyl groups is 1. The lowest BCUT2D eigenvalue weighted by Gasteiger charge is -2.18. The van der Waals surface area contributed by atoms with Gasteiger partial charge in [0, 0.05) is 41.5 Å². The maximum atomic E-state index is 13.7. The zero-order valence-corrected chi connectivity index (χ0v) is 17.9. The minimum atomic E-state index is -4.78. The summed E-state index contributed by atoms with van der Waals surface area (Å²) in [7, 11) is -2.73. The van der Waals surface area contributed by atoms with Crippen molar-refractivity contribution in [3.05, 3.63) is 36.2 Å². The molecule has 172 valence electrons. The van der Waals surface area contributed by atoms with Crippen molar-refractivity contribution in [3.8, 4) is 11.3 Å². The highest BCUT2D eigenvalue weighted by atomic mass is 31.2. The van der Waals surface area contributed by atoms with Crippen LogP contribution in [-0.4, -0.2) is 51.5 Å². The molecule has 0 aliphatic heterocycles. The molecule has 2 atom stereocenters. The first-order valence-electron chi connectivity index (χ1n) is 9.69. The average Bonchev–Trinajstić information content (AvgIpc) is 3.19. The Morgan fingerprint density at radius 1 is 1.25 bits per heavy atom. The average molecular weight is 474 g/mol. The second-order valence-electron chi connectivity index (χ2n) is 8.29. The predicted molar refractivity (Wildman–Crippen MR) is 111 cm³/mol. The molecule has 6 nitrogen and oxygen atoms in total. The minimum absolute atomic E-state index is 0.102. The van der Waals surface area contributed by atoms with Crippen LogP contribution in [0.3, 0.4) is 0 Å². The molecule has 1 aromatic carbocycles. The van der Waals surface area contributed by atoms with E-state index in [-0.39, 0.29) is 11.5 Å². The van der Waals surface area contributed by atoms with Crippen LogP contribution in [0.2, 0.25) is 0 Å². The summed E-state index contributed by atoms with van der Waals surface area (Å²) in [6.45, 7) is 3.11. The molecular formula is C20H20F5N4O2P. The standard InChI is InChI=1S/C20H20F5N4O2P/c1-32(2,31)15-5-3-4-10-11(8-26-17(10)15)16-12(20(23,24)25)9-27-18(29-16)28-13-6-19(21,22)7-14(13)30/h3-5,8-9,13-14,26,30H,6-7H2,1-2H3,(H,27,28,29)/t13?,14-/m0/s1. The predicted octanol–water partition coefficient (Wildman–Crippen LogP) is 4.46. The van der Waals surface area contributed by atoms with Gasteiger partial charge in [-0.25, -0.2) is 18.7 Å². The zero-order valence-electron chi connectivity index (χ0n) is 17.0. The van der Waals surface area contributed by atoms with Gasteiger partial charge in [0.25, 0.3) is 5.92 Å². The number of aromatic nitrogens is 3. The van der Waals surface area contributed by atoms with Crippen LogP contribution in [0.4, 0.5) is 27.9 Å². The molecule has 2 aromatic heterocycles. The summed E-state index contributed by atoms with van der Waals surface area (Å²) in [6.07, 6.45) is -5.69. The molecule has 0 saturated heterocycles. The Labute approximate surface area is 179 Å². The molecule has 3 aromatic rings. The highest BCUT2D eigenvalue weighted by molar-refractivity contribution is 7.70. The van der Waals surface area contributed by atoms with Gasteiger partial charge in [0.05, 0.1) is 23.4 Å². The Balaban J connectivity index is 1.83. The number of fused-ring (bicyclic) bond motifs is 1. The lowest BCUT2D eigenvalue weighted by molar-refractivity contribution is -0.137.